The number of ether oxygens (including phenoxy) is 2. The summed E-state index contributed by atoms with van der Waals surface area (Å²) < 4.78 is 48.8. The Bertz CT molecular complexity index is 1170. The van der Waals surface area contributed by atoms with E-state index in [1.807, 2.05) is 6.92 Å². The van der Waals surface area contributed by atoms with Gasteiger partial charge >= 0.3 is 6.18 Å². The van der Waals surface area contributed by atoms with Crippen molar-refractivity contribution in [2.24, 2.45) is 0 Å². The number of nitrogens with zero attached hydrogens (tertiary/aromatic N) is 1. The molecule has 0 fully saturated rings. The van der Waals surface area contributed by atoms with E-state index in [2.05, 4.69) is 10.3 Å². The number of nitrogens with one attached hydrogen (secondary N) is 2. The first-order valence-corrected chi connectivity index (χ1v) is 10.8. The fourth-order valence-corrected chi connectivity index (χ4v) is 3.21. The van der Waals surface area contributed by atoms with Crippen molar-refractivity contribution in [3.05, 3.63) is 65.9 Å². The van der Waals surface area contributed by atoms with E-state index in [1.54, 1.807) is 24.3 Å². The molecule has 35 heavy (non-hydrogen) atoms. The number of amides is 2. The average molecular weight is 491 g/mol. The summed E-state index contributed by atoms with van der Waals surface area (Å²) in [6.07, 6.45) is -5.11. The lowest BCUT2D eigenvalue weighted by Gasteiger charge is -2.20. The molecule has 1 heterocycles. The van der Waals surface area contributed by atoms with Crippen LogP contribution in [0, 0.1) is 0 Å². The zero-order valence-electron chi connectivity index (χ0n) is 18.8. The number of alkyl halides is 3. The summed E-state index contributed by atoms with van der Waals surface area (Å²) in [4.78, 5) is 28.7. The van der Waals surface area contributed by atoms with Crippen LogP contribution in [-0.4, -0.2) is 41.0 Å². The Morgan fingerprint density at radius 1 is 1.09 bits per heavy atom. The van der Waals surface area contributed by atoms with Crippen LogP contribution in [0.2, 0.25) is 0 Å². The van der Waals surface area contributed by atoms with Crippen LogP contribution < -0.4 is 20.3 Å². The van der Waals surface area contributed by atoms with Gasteiger partial charge in [-0.1, -0.05) is 25.5 Å². The summed E-state index contributed by atoms with van der Waals surface area (Å²) in [6, 6.07) is 13.9. The van der Waals surface area contributed by atoms with Crippen molar-refractivity contribution in [3.63, 3.8) is 0 Å². The predicted octanol–water partition coefficient (Wildman–Crippen LogP) is 4.62. The molecule has 2 aromatic carbocycles. The molecule has 8 nitrogen and oxygen atoms in total. The number of pyridine rings is 1. The molecule has 3 aromatic rings. The minimum atomic E-state index is -4.37. The molecule has 0 spiro atoms. The summed E-state index contributed by atoms with van der Waals surface area (Å²) in [5.74, 6) is -0.770. The molecule has 11 heteroatoms. The standard InChI is InChI=1S/C24H24F3N3O5/c1-2-5-21(35-16-10-8-15(9-11-16)22(31)30-33)29-23(32)19-14-20(34-13-12-24(25,26)27)17-6-3-4-7-18(17)28-19/h3-4,6-11,14,21,33H,2,5,12-13H2,1H3,(H,29,32)(H,30,31)/t21-/m0/s1. The molecule has 1 atom stereocenters. The van der Waals surface area contributed by atoms with Crippen LogP contribution in [0.1, 0.15) is 47.0 Å². The number of rotatable bonds is 10. The maximum Gasteiger partial charge on any atom is 0.392 e. The zero-order valence-corrected chi connectivity index (χ0v) is 18.8. The number of fused-ring (bicyclic) bond motifs is 1. The molecule has 0 unspecified atom stereocenters. The monoisotopic (exact) mass is 491 g/mol. The number of aromatic nitrogens is 1. The third-order valence-electron chi connectivity index (χ3n) is 4.89. The Labute approximate surface area is 199 Å². The van der Waals surface area contributed by atoms with Gasteiger partial charge in [-0.05, 0) is 36.4 Å². The van der Waals surface area contributed by atoms with Crippen molar-refractivity contribution in [1.29, 1.82) is 0 Å². The highest BCUT2D eigenvalue weighted by molar-refractivity contribution is 5.97. The first-order valence-electron chi connectivity index (χ1n) is 10.8. The number of halogens is 3. The summed E-state index contributed by atoms with van der Waals surface area (Å²) in [5, 5.41) is 11.9. The third-order valence-corrected chi connectivity index (χ3v) is 4.89. The number of hydroxylamine groups is 1. The van der Waals surface area contributed by atoms with Gasteiger partial charge in [0.05, 0.1) is 18.5 Å². The van der Waals surface area contributed by atoms with Gasteiger partial charge in [0, 0.05) is 23.4 Å². The lowest BCUT2D eigenvalue weighted by Crippen LogP contribution is -2.39. The van der Waals surface area contributed by atoms with Crippen LogP contribution >= 0.6 is 0 Å². The summed E-state index contributed by atoms with van der Waals surface area (Å²) in [6.45, 7) is 1.31. The molecule has 3 rings (SSSR count). The van der Waals surface area contributed by atoms with Gasteiger partial charge in [-0.3, -0.25) is 14.8 Å². The van der Waals surface area contributed by atoms with Gasteiger partial charge in [0.2, 0.25) is 0 Å². The molecule has 0 saturated heterocycles. The van der Waals surface area contributed by atoms with Crippen molar-refractivity contribution < 1.29 is 37.4 Å². The van der Waals surface area contributed by atoms with E-state index in [4.69, 9.17) is 14.7 Å². The van der Waals surface area contributed by atoms with E-state index in [-0.39, 0.29) is 17.0 Å². The highest BCUT2D eigenvalue weighted by Gasteiger charge is 2.27. The first kappa shape index (κ1) is 25.8. The van der Waals surface area contributed by atoms with Crippen LogP contribution in [0.15, 0.2) is 54.6 Å². The molecule has 3 N–H and O–H groups in total. The van der Waals surface area contributed by atoms with Crippen LogP contribution in [-0.2, 0) is 0 Å². The third kappa shape index (κ3) is 7.31. The predicted molar refractivity (Wildman–Crippen MR) is 120 cm³/mol. The van der Waals surface area contributed by atoms with Gasteiger partial charge in [-0.15, -0.1) is 0 Å². The number of benzene rings is 2. The van der Waals surface area contributed by atoms with Gasteiger partial charge in [0.1, 0.15) is 17.2 Å². The van der Waals surface area contributed by atoms with Crippen molar-refractivity contribution in [3.8, 4) is 11.5 Å². The maximum absolute atomic E-state index is 13.0. The lowest BCUT2D eigenvalue weighted by molar-refractivity contribution is -0.139. The normalized spacial score (nSPS) is 12.1. The second-order valence-corrected chi connectivity index (χ2v) is 7.57. The van der Waals surface area contributed by atoms with Gasteiger partial charge in [-0.25, -0.2) is 10.5 Å². The van der Waals surface area contributed by atoms with Gasteiger partial charge in [0.15, 0.2) is 6.23 Å². The minimum absolute atomic E-state index is 0.0367. The SMILES string of the molecule is CCC[C@@H](NC(=O)c1cc(OCCC(F)(F)F)c2ccccc2n1)Oc1ccc(C(=O)NO)cc1. The second-order valence-electron chi connectivity index (χ2n) is 7.57. The second kappa shape index (κ2) is 11.5. The van der Waals surface area contributed by atoms with E-state index in [1.165, 1.54) is 35.8 Å². The Hall–Kier alpha value is -3.86. The number of carbonyl (C=O) groups excluding carboxylic acids is 2. The smallest absolute Gasteiger partial charge is 0.392 e. The van der Waals surface area contributed by atoms with Gasteiger partial charge in [0.25, 0.3) is 11.8 Å². The molecule has 0 aliphatic carbocycles. The fourth-order valence-electron chi connectivity index (χ4n) is 3.21. The van der Waals surface area contributed by atoms with Crippen molar-refractivity contribution in [2.45, 2.75) is 38.6 Å². The molecule has 2 amide bonds. The lowest BCUT2D eigenvalue weighted by atomic mass is 10.1. The molecule has 0 saturated carbocycles. The average Bonchev–Trinajstić information content (AvgIpc) is 2.83. The molecule has 0 aliphatic heterocycles. The molecular weight excluding hydrogens is 467 g/mol. The molecule has 186 valence electrons. The zero-order chi connectivity index (χ0) is 25.4. The molecule has 0 aliphatic rings. The molecule has 0 radical (unpaired) electrons. The van der Waals surface area contributed by atoms with Crippen LogP contribution in [0.25, 0.3) is 10.9 Å². The molecule has 0 bridgehead atoms. The van der Waals surface area contributed by atoms with Crippen LogP contribution in [0.5, 0.6) is 11.5 Å². The highest BCUT2D eigenvalue weighted by atomic mass is 19.4. The molecule has 1 aromatic heterocycles. The van der Waals surface area contributed by atoms with E-state index in [9.17, 15) is 22.8 Å². The van der Waals surface area contributed by atoms with Crippen molar-refractivity contribution >= 4 is 22.7 Å². The number of carbonyl (C=O) groups is 2. The number of para-hydroxylation sites is 1. The largest absolute Gasteiger partial charge is 0.492 e. The van der Waals surface area contributed by atoms with E-state index in [0.717, 1.165) is 0 Å². The summed E-state index contributed by atoms with van der Waals surface area (Å²) in [5.41, 5.74) is 2.11. The summed E-state index contributed by atoms with van der Waals surface area (Å²) in [7, 11) is 0. The Morgan fingerprint density at radius 3 is 2.46 bits per heavy atom. The topological polar surface area (TPSA) is 110 Å². The first-order chi connectivity index (χ1) is 16.7. The quantitative estimate of drug-likeness (QED) is 0.217. The van der Waals surface area contributed by atoms with Crippen LogP contribution in [0.4, 0.5) is 13.2 Å². The fraction of sp³-hybridized carbons (Fsp3) is 0.292. The van der Waals surface area contributed by atoms with E-state index >= 15 is 0 Å². The Morgan fingerprint density at radius 2 is 1.80 bits per heavy atom. The van der Waals surface area contributed by atoms with E-state index < -0.39 is 37.2 Å². The maximum atomic E-state index is 13.0. The minimum Gasteiger partial charge on any atom is -0.492 e. The molecular formula is C24H24F3N3O5. The van der Waals surface area contributed by atoms with Crippen LogP contribution in [0.3, 0.4) is 0 Å². The number of hydrogen-bond donors (Lipinski definition) is 3. The number of hydrogen-bond acceptors (Lipinski definition) is 6. The van der Waals surface area contributed by atoms with E-state index in [0.29, 0.717) is 29.5 Å². The summed E-state index contributed by atoms with van der Waals surface area (Å²) >= 11 is 0. The van der Waals surface area contributed by atoms with Crippen molar-refractivity contribution in [1.82, 2.24) is 15.8 Å². The van der Waals surface area contributed by atoms with Gasteiger partial charge < -0.3 is 14.8 Å². The van der Waals surface area contributed by atoms with Crippen molar-refractivity contribution in [2.75, 3.05) is 6.61 Å². The Balaban J connectivity index is 1.77. The highest BCUT2D eigenvalue weighted by Crippen LogP contribution is 2.27. The van der Waals surface area contributed by atoms with Gasteiger partial charge in [-0.2, -0.15) is 13.2 Å². The Kier molecular flexibility index (Phi) is 8.48.